The summed E-state index contributed by atoms with van der Waals surface area (Å²) in [7, 11) is -5.04. The molecule has 3 fully saturated rings. The van der Waals surface area contributed by atoms with Crippen LogP contribution in [0.15, 0.2) is 112 Å². The Kier molecular flexibility index (Phi) is 31.3. The fourth-order valence-electron chi connectivity index (χ4n) is 12.5. The number of rotatable bonds is 23. The van der Waals surface area contributed by atoms with E-state index >= 15 is 19.2 Å². The van der Waals surface area contributed by atoms with Crippen LogP contribution in [0, 0.1) is 5.92 Å². The van der Waals surface area contributed by atoms with Crippen molar-refractivity contribution in [1.82, 2.24) is 52.3 Å². The van der Waals surface area contributed by atoms with Crippen LogP contribution in [0.3, 0.4) is 0 Å². The third-order valence-corrected chi connectivity index (χ3v) is 18.1. The summed E-state index contributed by atoms with van der Waals surface area (Å²) in [5, 5.41) is 23.2. The van der Waals surface area contributed by atoms with Gasteiger partial charge in [-0.15, -0.1) is 0 Å². The van der Waals surface area contributed by atoms with Crippen molar-refractivity contribution in [3.05, 3.63) is 114 Å². The molecule has 105 heavy (non-hydrogen) atoms. The Morgan fingerprint density at radius 3 is 1.38 bits per heavy atom. The van der Waals surface area contributed by atoms with E-state index in [1.807, 2.05) is 36.4 Å². The van der Waals surface area contributed by atoms with Crippen molar-refractivity contribution in [2.75, 3.05) is 32.7 Å². The van der Waals surface area contributed by atoms with Gasteiger partial charge in [-0.25, -0.2) is 4.57 Å². The predicted octanol–water partition coefficient (Wildman–Crippen LogP) is -2.46. The van der Waals surface area contributed by atoms with Crippen LogP contribution in [0.25, 0.3) is 10.8 Å². The molecule has 0 spiro atoms. The average Bonchev–Trinajstić information content (AvgIpc) is 1.69. The molecule has 0 radical (unpaired) electrons. The van der Waals surface area contributed by atoms with E-state index in [0.29, 0.717) is 24.0 Å². The molecule has 0 saturated carbocycles. The van der Waals surface area contributed by atoms with Gasteiger partial charge in [0.15, 0.2) is 17.9 Å². The fourth-order valence-corrected chi connectivity index (χ4v) is 12.9. The summed E-state index contributed by atoms with van der Waals surface area (Å²) in [5.41, 5.74) is 40.9. The SMILES string of the molecule is C.CC(C)[C@@H]1NC(=O)[C@H](Cc2ccc(OP(=O)(O)O)cc2)NC(=O)[C@H](CCCN=C(N)N)NC(=O)[C@H](CCCN=C(N)N)NC(=O)[C@@H]2CCCN2C(=O)[C@H]2CCCN2C(=O)[C@@H](CCCN=C(N)N)NC(=O)[C@H](Cc2ccc3ccccc3c2)NC(=O)[C@H](Cc2ccccc2)NC(=O)[C@H](CC(N)=O)NC1=O. The van der Waals surface area contributed by atoms with Crippen LogP contribution < -0.4 is 87.2 Å². The number of fused-ring (bicyclic) bond motifs is 3. The van der Waals surface area contributed by atoms with Crippen molar-refractivity contribution in [3.8, 4) is 5.75 Å². The average molecular weight is 1480 g/mol. The van der Waals surface area contributed by atoms with Crippen LogP contribution in [0.4, 0.5) is 0 Å². The highest BCUT2D eigenvalue weighted by Crippen LogP contribution is 2.37. The molecule has 570 valence electrons. The first kappa shape index (κ1) is 83.0. The Hall–Kier alpha value is -10.9. The van der Waals surface area contributed by atoms with Gasteiger partial charge in [-0.2, -0.15) is 0 Å². The Morgan fingerprint density at radius 1 is 0.476 bits per heavy atom. The van der Waals surface area contributed by atoms with E-state index in [0.717, 1.165) is 10.8 Å². The van der Waals surface area contributed by atoms with Gasteiger partial charge in [-0.05, 0) is 110 Å². The van der Waals surface area contributed by atoms with E-state index in [4.69, 9.17) is 44.7 Å². The Balaban J connectivity index is 0.0000173. The van der Waals surface area contributed by atoms with Crippen LogP contribution in [0.2, 0.25) is 0 Å². The minimum atomic E-state index is -5.04. The number of amides is 11. The molecular formula is C69H99N20O15P. The van der Waals surface area contributed by atoms with Gasteiger partial charge < -0.3 is 97.0 Å². The molecule has 0 unspecified atom stereocenters. The fraction of sp³-hybridized carbons (Fsp3) is 0.478. The number of carbonyl (C=O) groups is 11. The number of nitrogens with two attached hydrogens (primary N) is 7. The number of benzene rings is 4. The van der Waals surface area contributed by atoms with Crippen molar-refractivity contribution in [2.45, 2.75) is 172 Å². The zero-order valence-electron chi connectivity index (χ0n) is 57.9. The number of nitrogens with one attached hydrogen (secondary N) is 8. The molecule has 10 atom stereocenters. The van der Waals surface area contributed by atoms with Gasteiger partial charge in [0.05, 0.1) is 6.42 Å². The number of phosphoric acid groups is 1. The number of nitrogens with zero attached hydrogens (tertiary/aromatic N) is 5. The minimum Gasteiger partial charge on any atom is -0.404 e. The molecule has 4 aromatic carbocycles. The summed E-state index contributed by atoms with van der Waals surface area (Å²) in [6, 6.07) is 11.3. The summed E-state index contributed by atoms with van der Waals surface area (Å²) in [5.74, 6) is -12.0. The zero-order valence-corrected chi connectivity index (χ0v) is 58.8. The van der Waals surface area contributed by atoms with Gasteiger partial charge in [0.1, 0.15) is 66.2 Å². The molecule has 36 heteroatoms. The number of primary amides is 1. The van der Waals surface area contributed by atoms with Crippen LogP contribution in [0.1, 0.15) is 109 Å². The molecule has 35 nitrogen and oxygen atoms in total. The van der Waals surface area contributed by atoms with Crippen molar-refractivity contribution in [2.24, 2.45) is 61.0 Å². The standard InChI is InChI=1S/C68H95N20O15P.CH4/c1-38(2)55-63(97)85-51(37-54(69)89)60(94)83-48(34-39-13-4-3-5-14-39)59(93)84-50(36-41-22-25-42-15-6-7-16-43(42)33-41)58(92)81-47(19-10-30-78-68(74)75)64(98)88-32-12-21-53(88)65(99)87-31-11-20-52(87)62(96)80-46(18-9-29-77-67(72)73)56(90)79-45(17-8-28-76-66(70)71)57(91)82-49(61(95)86-55)35-40-23-26-44(27-24-40)103-104(100,101)102;/h3-7,13-16,22-27,33,38,45-53,55H,8-12,17-21,28-32,34-37H2,1-2H3,(H2,69,89)(H,79,90)(H,80,96)(H,81,92)(H,82,91)(H,83,94)(H,84,93)(H,85,97)(H,86,95)(H4,70,71,76)(H4,72,73,77)(H4,74,75,78)(H2,100,101,102);1H4/t45-,46-,47+,48-,49-,50-,51-,52-,53+,55-;/m0./s1. The second-order valence-electron chi connectivity index (χ2n) is 26.1. The number of hydrogen-bond acceptors (Lipinski definition) is 16. The topological polar surface area (TPSA) is 576 Å². The lowest BCUT2D eigenvalue weighted by Gasteiger charge is -2.34. The van der Waals surface area contributed by atoms with Crippen molar-refractivity contribution in [3.63, 3.8) is 0 Å². The van der Waals surface area contributed by atoms with Crippen LogP contribution in [0.5, 0.6) is 5.75 Å². The van der Waals surface area contributed by atoms with Crippen molar-refractivity contribution in [1.29, 1.82) is 0 Å². The molecular weight excluding hydrogens is 1380 g/mol. The minimum absolute atomic E-state index is 0. The van der Waals surface area contributed by atoms with Gasteiger partial charge in [0.25, 0.3) is 0 Å². The van der Waals surface area contributed by atoms with Gasteiger partial charge in [-0.1, -0.05) is 106 Å². The third kappa shape index (κ3) is 25.8. The normalized spacial score (nSPS) is 22.9. The lowest BCUT2D eigenvalue weighted by atomic mass is 9.99. The second kappa shape index (κ2) is 39.6. The first-order valence-electron chi connectivity index (χ1n) is 34.3. The quantitative estimate of drug-likeness (QED) is 0.0158. The highest BCUT2D eigenvalue weighted by molar-refractivity contribution is 7.46. The van der Waals surface area contributed by atoms with E-state index in [-0.39, 0.29) is 134 Å². The molecule has 4 aromatic rings. The van der Waals surface area contributed by atoms with E-state index < -0.39 is 152 Å². The molecule has 3 saturated heterocycles. The number of carbonyl (C=O) groups excluding carboxylic acids is 11. The molecule has 3 aliphatic rings. The summed E-state index contributed by atoms with van der Waals surface area (Å²) in [6.45, 7) is 3.09. The molecule has 24 N–H and O–H groups in total. The smallest absolute Gasteiger partial charge is 0.404 e. The van der Waals surface area contributed by atoms with E-state index in [9.17, 15) is 47.9 Å². The maximum Gasteiger partial charge on any atom is 0.524 e. The largest absolute Gasteiger partial charge is 0.524 e. The Labute approximate surface area is 607 Å². The summed E-state index contributed by atoms with van der Waals surface area (Å²) < 4.78 is 16.5. The van der Waals surface area contributed by atoms with E-state index in [1.54, 1.807) is 36.4 Å². The molecule has 0 bridgehead atoms. The summed E-state index contributed by atoms with van der Waals surface area (Å²) >= 11 is 0. The predicted molar refractivity (Wildman–Crippen MR) is 391 cm³/mol. The summed E-state index contributed by atoms with van der Waals surface area (Å²) in [4.78, 5) is 197. The van der Waals surface area contributed by atoms with Crippen molar-refractivity contribution < 1.29 is 71.6 Å². The number of phosphoric ester groups is 1. The lowest BCUT2D eigenvalue weighted by Crippen LogP contribution is -2.62. The second-order valence-corrected chi connectivity index (χ2v) is 27.2. The van der Waals surface area contributed by atoms with Crippen LogP contribution in [-0.2, 0) is 76.6 Å². The van der Waals surface area contributed by atoms with Gasteiger partial charge >= 0.3 is 7.82 Å². The van der Waals surface area contributed by atoms with Gasteiger partial charge in [0.2, 0.25) is 65.0 Å². The first-order chi connectivity index (χ1) is 49.4. The molecule has 7 rings (SSSR count). The highest BCUT2D eigenvalue weighted by Gasteiger charge is 2.45. The molecule has 3 heterocycles. The Bertz CT molecular complexity index is 3870. The van der Waals surface area contributed by atoms with Crippen LogP contribution in [-0.4, -0.2) is 196 Å². The molecule has 11 amide bonds. The number of guanidine groups is 3. The molecule has 3 aliphatic heterocycles. The number of aliphatic imine (C=N–C) groups is 3. The first-order valence-corrected chi connectivity index (χ1v) is 35.8. The third-order valence-electron chi connectivity index (χ3n) is 17.7. The Morgan fingerprint density at radius 2 is 0.876 bits per heavy atom. The monoisotopic (exact) mass is 1480 g/mol. The van der Waals surface area contributed by atoms with Gasteiger partial charge in [0, 0.05) is 52.0 Å². The van der Waals surface area contributed by atoms with E-state index in [2.05, 4.69) is 57.5 Å². The van der Waals surface area contributed by atoms with Crippen LogP contribution >= 0.6 is 7.82 Å². The maximum atomic E-state index is 15.3. The molecule has 0 aliphatic carbocycles. The number of hydrogen-bond donors (Lipinski definition) is 17. The highest BCUT2D eigenvalue weighted by atomic mass is 31.2. The lowest BCUT2D eigenvalue weighted by molar-refractivity contribution is -0.148. The zero-order chi connectivity index (χ0) is 75.8. The van der Waals surface area contributed by atoms with Gasteiger partial charge in [-0.3, -0.25) is 77.5 Å². The van der Waals surface area contributed by atoms with E-state index in [1.165, 1.54) is 47.9 Å². The molecule has 0 aromatic heterocycles. The van der Waals surface area contributed by atoms with Crippen molar-refractivity contribution >= 4 is 101 Å². The maximum absolute atomic E-state index is 15.3. The summed E-state index contributed by atoms with van der Waals surface area (Å²) in [6.07, 6.45) is -1.00.